The Kier molecular flexibility index (Phi) is 8.23. The van der Waals surface area contributed by atoms with Crippen LogP contribution in [0.4, 0.5) is 4.39 Å². The normalized spacial score (nSPS) is 10.8. The molecule has 2 aromatic rings. The van der Waals surface area contributed by atoms with Gasteiger partial charge in [0.2, 0.25) is 0 Å². The van der Waals surface area contributed by atoms with E-state index < -0.39 is 5.82 Å². The zero-order valence-electron chi connectivity index (χ0n) is 13.1. The number of halogens is 1. The molecule has 1 atom stereocenters. The topological polar surface area (TPSA) is 84.1 Å². The summed E-state index contributed by atoms with van der Waals surface area (Å²) >= 11 is 0. The van der Waals surface area contributed by atoms with E-state index in [4.69, 9.17) is 0 Å². The van der Waals surface area contributed by atoms with Gasteiger partial charge >= 0.3 is 0 Å². The summed E-state index contributed by atoms with van der Waals surface area (Å²) in [7, 11) is 0. The van der Waals surface area contributed by atoms with Gasteiger partial charge in [0.05, 0.1) is 12.4 Å². The van der Waals surface area contributed by atoms with Gasteiger partial charge in [0.25, 0.3) is 5.95 Å². The zero-order chi connectivity index (χ0) is 15.7. The van der Waals surface area contributed by atoms with Crippen molar-refractivity contribution in [2.45, 2.75) is 47.6 Å². The maximum Gasteiger partial charge on any atom is 0.252 e. The fourth-order valence-corrected chi connectivity index (χ4v) is 1.31. The van der Waals surface area contributed by atoms with Gasteiger partial charge < -0.3 is 5.73 Å². The highest BCUT2D eigenvalue weighted by atomic mass is 19.1. The third-order valence-electron chi connectivity index (χ3n) is 1.97. The first kappa shape index (κ1) is 18.1. The Morgan fingerprint density at radius 2 is 1.65 bits per heavy atom. The molecule has 0 fully saturated rings. The Hall–Kier alpha value is -1.89. The highest BCUT2D eigenvalue weighted by Gasteiger charge is 2.16. The highest BCUT2D eigenvalue weighted by Crippen LogP contribution is 2.09. The summed E-state index contributed by atoms with van der Waals surface area (Å²) < 4.78 is 14.2. The molecular formula is C13H24FN6+. The summed E-state index contributed by atoms with van der Waals surface area (Å²) in [5, 5.41) is 4.15. The molecule has 0 aliphatic rings. The van der Waals surface area contributed by atoms with Crippen LogP contribution in [0.15, 0.2) is 12.4 Å². The predicted octanol–water partition coefficient (Wildman–Crippen LogP) is 1.86. The summed E-state index contributed by atoms with van der Waals surface area (Å²) in [5.41, 5.74) is 3.87. The third kappa shape index (κ3) is 4.65. The van der Waals surface area contributed by atoms with E-state index in [1.807, 2.05) is 34.6 Å². The second-order valence-electron chi connectivity index (χ2n) is 3.53. The number of hydrogen-bond acceptors (Lipinski definition) is 4. The largest absolute Gasteiger partial charge is 0.349 e. The van der Waals surface area contributed by atoms with Gasteiger partial charge in [-0.15, -0.1) is 5.10 Å². The number of quaternary nitrogens is 1. The summed E-state index contributed by atoms with van der Waals surface area (Å²) in [6.07, 6.45) is 2.19. The fourth-order valence-electron chi connectivity index (χ4n) is 1.31. The van der Waals surface area contributed by atoms with Gasteiger partial charge in [-0.1, -0.05) is 27.7 Å². The van der Waals surface area contributed by atoms with Gasteiger partial charge in [0, 0.05) is 0 Å². The second kappa shape index (κ2) is 9.08. The van der Waals surface area contributed by atoms with Gasteiger partial charge in [-0.2, -0.15) is 4.68 Å². The van der Waals surface area contributed by atoms with Crippen LogP contribution in [0.3, 0.4) is 0 Å². The average Bonchev–Trinajstić information content (AvgIpc) is 2.86. The number of hydrogen-bond donors (Lipinski definition) is 1. The SMILES string of the molecule is CC.CC.Cc1nc(C(C)[NH3+])n(-c2ncc(F)cn2)n1. The Balaban J connectivity index is 0.000000829. The zero-order valence-corrected chi connectivity index (χ0v) is 13.1. The van der Waals surface area contributed by atoms with Crippen molar-refractivity contribution >= 4 is 0 Å². The van der Waals surface area contributed by atoms with Gasteiger partial charge in [-0.25, -0.2) is 19.3 Å². The molecule has 20 heavy (non-hydrogen) atoms. The van der Waals surface area contributed by atoms with E-state index >= 15 is 0 Å². The second-order valence-corrected chi connectivity index (χ2v) is 3.53. The van der Waals surface area contributed by atoms with Crippen LogP contribution in [0, 0.1) is 12.7 Å². The first-order valence-corrected chi connectivity index (χ1v) is 6.82. The molecule has 0 radical (unpaired) electrons. The van der Waals surface area contributed by atoms with Gasteiger partial charge in [0.15, 0.2) is 11.6 Å². The summed E-state index contributed by atoms with van der Waals surface area (Å²) in [4.78, 5) is 11.9. The molecule has 0 spiro atoms. The van der Waals surface area contributed by atoms with E-state index in [9.17, 15) is 4.39 Å². The molecule has 0 amide bonds. The van der Waals surface area contributed by atoms with Crippen molar-refractivity contribution in [2.75, 3.05) is 0 Å². The van der Waals surface area contributed by atoms with E-state index in [0.717, 1.165) is 12.4 Å². The number of nitrogens with zero attached hydrogens (tertiary/aromatic N) is 5. The minimum atomic E-state index is -0.482. The predicted molar refractivity (Wildman–Crippen MR) is 75.6 cm³/mol. The standard InChI is InChI=1S/C9H11FN6.2C2H6/c1-5(11)8-14-6(2)15-16(8)9-12-3-7(10)4-13-9;2*1-2/h3-5H,11H2,1-2H3;2*1-2H3/p+1. The minimum Gasteiger partial charge on any atom is -0.349 e. The van der Waals surface area contributed by atoms with Crippen LogP contribution in [0.25, 0.3) is 5.95 Å². The first-order chi connectivity index (χ1) is 9.58. The summed E-state index contributed by atoms with van der Waals surface area (Å²) in [6, 6.07) is -0.0464. The average molecular weight is 283 g/mol. The first-order valence-electron chi connectivity index (χ1n) is 6.82. The maximum atomic E-state index is 12.7. The molecule has 6 nitrogen and oxygen atoms in total. The van der Waals surface area contributed by atoms with E-state index in [1.54, 1.807) is 6.92 Å². The molecule has 3 N–H and O–H groups in total. The molecule has 2 heterocycles. The minimum absolute atomic E-state index is 0.0464. The van der Waals surface area contributed by atoms with Gasteiger partial charge in [-0.3, -0.25) is 0 Å². The Bertz CT molecular complexity index is 492. The van der Waals surface area contributed by atoms with Crippen LogP contribution in [0.2, 0.25) is 0 Å². The van der Waals surface area contributed by atoms with E-state index in [1.165, 1.54) is 4.68 Å². The highest BCUT2D eigenvalue weighted by molar-refractivity contribution is 5.13. The van der Waals surface area contributed by atoms with E-state index in [2.05, 4.69) is 25.8 Å². The lowest BCUT2D eigenvalue weighted by atomic mass is 10.3. The van der Waals surface area contributed by atoms with Gasteiger partial charge in [-0.05, 0) is 13.8 Å². The number of aryl methyl sites for hydroxylation is 1. The summed E-state index contributed by atoms with van der Waals surface area (Å²) in [6.45, 7) is 11.7. The molecule has 2 aromatic heterocycles. The lowest BCUT2D eigenvalue weighted by Gasteiger charge is -2.03. The molecule has 0 aliphatic carbocycles. The molecule has 0 aromatic carbocycles. The molecule has 0 bridgehead atoms. The van der Waals surface area contributed by atoms with Crippen molar-refractivity contribution in [2.24, 2.45) is 0 Å². The number of aromatic nitrogens is 5. The molecule has 0 saturated carbocycles. The van der Waals surface area contributed by atoms with Crippen LogP contribution in [0.5, 0.6) is 0 Å². The lowest BCUT2D eigenvalue weighted by Crippen LogP contribution is -2.52. The van der Waals surface area contributed by atoms with Crippen molar-refractivity contribution in [1.82, 2.24) is 24.7 Å². The van der Waals surface area contributed by atoms with E-state index in [-0.39, 0.29) is 6.04 Å². The van der Waals surface area contributed by atoms with Gasteiger partial charge in [0.1, 0.15) is 11.9 Å². The fraction of sp³-hybridized carbons (Fsp3) is 0.538. The molecule has 112 valence electrons. The molecule has 0 saturated heterocycles. The smallest absolute Gasteiger partial charge is 0.252 e. The van der Waals surface area contributed by atoms with Crippen molar-refractivity contribution in [3.8, 4) is 5.95 Å². The van der Waals surface area contributed by atoms with Crippen LogP contribution in [-0.4, -0.2) is 24.7 Å². The Morgan fingerprint density at radius 3 is 2.10 bits per heavy atom. The molecule has 0 aliphatic heterocycles. The summed E-state index contributed by atoms with van der Waals surface area (Å²) in [5.74, 6) is 1.08. The molecular weight excluding hydrogens is 259 g/mol. The maximum absolute atomic E-state index is 12.7. The van der Waals surface area contributed by atoms with Crippen LogP contribution in [-0.2, 0) is 0 Å². The van der Waals surface area contributed by atoms with Crippen LogP contribution >= 0.6 is 0 Å². The van der Waals surface area contributed by atoms with Crippen molar-refractivity contribution in [3.63, 3.8) is 0 Å². The third-order valence-corrected chi connectivity index (χ3v) is 1.97. The van der Waals surface area contributed by atoms with Crippen molar-refractivity contribution in [3.05, 3.63) is 29.9 Å². The van der Waals surface area contributed by atoms with Crippen molar-refractivity contribution < 1.29 is 10.1 Å². The molecule has 2 rings (SSSR count). The van der Waals surface area contributed by atoms with Crippen LogP contribution < -0.4 is 5.73 Å². The molecule has 1 unspecified atom stereocenters. The molecule has 7 heteroatoms. The van der Waals surface area contributed by atoms with Crippen LogP contribution in [0.1, 0.15) is 52.3 Å². The monoisotopic (exact) mass is 283 g/mol. The Labute approximate surface area is 119 Å². The van der Waals surface area contributed by atoms with E-state index in [0.29, 0.717) is 17.6 Å². The van der Waals surface area contributed by atoms with Crippen molar-refractivity contribution in [1.29, 1.82) is 0 Å². The lowest BCUT2D eigenvalue weighted by molar-refractivity contribution is -0.422. The number of rotatable bonds is 2. The Morgan fingerprint density at radius 1 is 1.15 bits per heavy atom. The quantitative estimate of drug-likeness (QED) is 0.911.